The molecule has 1 aromatic heterocycles. The highest BCUT2D eigenvalue weighted by Gasteiger charge is 2.34. The molecule has 4 heterocycles. The van der Waals surface area contributed by atoms with Crippen LogP contribution in [0.25, 0.3) is 0 Å². The lowest BCUT2D eigenvalue weighted by molar-refractivity contribution is -0.141. The standard InChI is InChI=1S/C20H31N5O2/c1-16-13-19(22-15-21-16)23-7-4-18(5-8-23)25-6-2-3-17(14-25)20(26)24-9-11-27-12-10-24/h13,15,17-18H,2-12,14H2,1H3/t17-/m0/s1. The highest BCUT2D eigenvalue weighted by molar-refractivity contribution is 5.79. The molecule has 0 radical (unpaired) electrons. The van der Waals surface area contributed by atoms with Gasteiger partial charge in [0.1, 0.15) is 12.1 Å². The van der Waals surface area contributed by atoms with E-state index in [9.17, 15) is 4.79 Å². The molecular weight excluding hydrogens is 342 g/mol. The number of rotatable bonds is 3. The van der Waals surface area contributed by atoms with Crippen molar-refractivity contribution in [3.63, 3.8) is 0 Å². The first kappa shape index (κ1) is 18.6. The largest absolute Gasteiger partial charge is 0.378 e. The average molecular weight is 374 g/mol. The summed E-state index contributed by atoms with van der Waals surface area (Å²) in [6.07, 6.45) is 6.10. The molecule has 27 heavy (non-hydrogen) atoms. The zero-order valence-electron chi connectivity index (χ0n) is 16.3. The Hall–Kier alpha value is -1.73. The monoisotopic (exact) mass is 373 g/mol. The Morgan fingerprint density at radius 2 is 1.85 bits per heavy atom. The maximum absolute atomic E-state index is 12.9. The summed E-state index contributed by atoms with van der Waals surface area (Å²) in [7, 11) is 0. The first-order valence-electron chi connectivity index (χ1n) is 10.3. The van der Waals surface area contributed by atoms with E-state index in [1.807, 2.05) is 11.8 Å². The van der Waals surface area contributed by atoms with Crippen LogP contribution < -0.4 is 4.90 Å². The number of likely N-dealkylation sites (tertiary alicyclic amines) is 1. The van der Waals surface area contributed by atoms with Crippen molar-refractivity contribution in [3.8, 4) is 0 Å². The maximum Gasteiger partial charge on any atom is 0.227 e. The number of amides is 1. The SMILES string of the molecule is Cc1cc(N2CCC(N3CCC[C@H](C(=O)N4CCOCC4)C3)CC2)ncn1. The van der Waals surface area contributed by atoms with Crippen LogP contribution in [0.1, 0.15) is 31.4 Å². The van der Waals surface area contributed by atoms with Crippen molar-refractivity contribution in [1.29, 1.82) is 0 Å². The van der Waals surface area contributed by atoms with E-state index in [0.717, 1.165) is 76.5 Å². The molecule has 0 saturated carbocycles. The van der Waals surface area contributed by atoms with E-state index < -0.39 is 0 Å². The number of carbonyl (C=O) groups excluding carboxylic acids is 1. The van der Waals surface area contributed by atoms with Crippen LogP contribution in [0.5, 0.6) is 0 Å². The molecule has 0 spiro atoms. The molecule has 1 amide bonds. The second-order valence-electron chi connectivity index (χ2n) is 8.01. The molecule has 1 aromatic rings. The van der Waals surface area contributed by atoms with Gasteiger partial charge >= 0.3 is 0 Å². The minimum absolute atomic E-state index is 0.166. The highest BCUT2D eigenvalue weighted by atomic mass is 16.5. The fraction of sp³-hybridized carbons (Fsp3) is 0.750. The number of anilines is 1. The molecule has 0 aromatic carbocycles. The van der Waals surface area contributed by atoms with E-state index in [2.05, 4.69) is 25.8 Å². The van der Waals surface area contributed by atoms with Crippen molar-refractivity contribution in [3.05, 3.63) is 18.1 Å². The molecule has 3 fully saturated rings. The minimum Gasteiger partial charge on any atom is -0.378 e. The number of nitrogens with zero attached hydrogens (tertiary/aromatic N) is 5. The van der Waals surface area contributed by atoms with Crippen molar-refractivity contribution in [1.82, 2.24) is 19.8 Å². The second-order valence-corrected chi connectivity index (χ2v) is 8.01. The minimum atomic E-state index is 0.166. The molecule has 1 atom stereocenters. The number of hydrogen-bond donors (Lipinski definition) is 0. The molecule has 0 bridgehead atoms. The van der Waals surface area contributed by atoms with Crippen LogP contribution in [-0.4, -0.2) is 84.2 Å². The van der Waals surface area contributed by atoms with Crippen LogP contribution >= 0.6 is 0 Å². The molecule has 3 aliphatic rings. The Morgan fingerprint density at radius 3 is 2.59 bits per heavy atom. The third-order valence-corrected chi connectivity index (χ3v) is 6.22. The number of morpholine rings is 1. The van der Waals surface area contributed by atoms with Gasteiger partial charge in [-0.25, -0.2) is 9.97 Å². The summed E-state index contributed by atoms with van der Waals surface area (Å²) < 4.78 is 5.39. The average Bonchev–Trinajstić information content (AvgIpc) is 2.74. The maximum atomic E-state index is 12.9. The van der Waals surface area contributed by atoms with Gasteiger partial charge in [0.25, 0.3) is 0 Å². The summed E-state index contributed by atoms with van der Waals surface area (Å²) in [6.45, 7) is 9.00. The molecule has 148 valence electrons. The van der Waals surface area contributed by atoms with Gasteiger partial charge in [-0.2, -0.15) is 0 Å². The van der Waals surface area contributed by atoms with E-state index in [0.29, 0.717) is 25.2 Å². The number of carbonyl (C=O) groups is 1. The quantitative estimate of drug-likeness (QED) is 0.797. The lowest BCUT2D eigenvalue weighted by Gasteiger charge is -2.43. The van der Waals surface area contributed by atoms with Gasteiger partial charge < -0.3 is 14.5 Å². The summed E-state index contributed by atoms with van der Waals surface area (Å²) in [6, 6.07) is 2.66. The van der Waals surface area contributed by atoms with Crippen LogP contribution in [0.2, 0.25) is 0 Å². The molecule has 3 saturated heterocycles. The van der Waals surface area contributed by atoms with Crippen molar-refractivity contribution < 1.29 is 9.53 Å². The Morgan fingerprint density at radius 1 is 1.07 bits per heavy atom. The van der Waals surface area contributed by atoms with Crippen molar-refractivity contribution in [2.75, 3.05) is 57.4 Å². The van der Waals surface area contributed by atoms with Crippen molar-refractivity contribution >= 4 is 11.7 Å². The van der Waals surface area contributed by atoms with Gasteiger partial charge in [-0.3, -0.25) is 9.69 Å². The third kappa shape index (κ3) is 4.41. The Bertz CT molecular complexity index is 641. The Labute approximate surface area is 161 Å². The van der Waals surface area contributed by atoms with Gasteiger partial charge in [0.2, 0.25) is 5.91 Å². The van der Waals surface area contributed by atoms with Crippen LogP contribution in [0.15, 0.2) is 12.4 Å². The zero-order valence-corrected chi connectivity index (χ0v) is 16.3. The molecule has 0 aliphatic carbocycles. The normalized spacial score (nSPS) is 25.6. The zero-order chi connectivity index (χ0) is 18.6. The number of aryl methyl sites for hydroxylation is 1. The van der Waals surface area contributed by atoms with E-state index in [1.165, 1.54) is 0 Å². The molecule has 7 heteroatoms. The van der Waals surface area contributed by atoms with Crippen LogP contribution in [-0.2, 0) is 9.53 Å². The van der Waals surface area contributed by atoms with Gasteiger partial charge in [0.15, 0.2) is 0 Å². The van der Waals surface area contributed by atoms with Crippen LogP contribution in [0.4, 0.5) is 5.82 Å². The number of ether oxygens (including phenoxy) is 1. The molecule has 4 rings (SSSR count). The summed E-state index contributed by atoms with van der Waals surface area (Å²) >= 11 is 0. The number of aromatic nitrogens is 2. The van der Waals surface area contributed by atoms with E-state index in [4.69, 9.17) is 4.74 Å². The number of hydrogen-bond acceptors (Lipinski definition) is 6. The molecular formula is C20H31N5O2. The smallest absolute Gasteiger partial charge is 0.227 e. The summed E-state index contributed by atoms with van der Waals surface area (Å²) in [5.74, 6) is 1.55. The highest BCUT2D eigenvalue weighted by Crippen LogP contribution is 2.26. The number of piperidine rings is 2. The molecule has 7 nitrogen and oxygen atoms in total. The first-order chi connectivity index (χ1) is 13.2. The third-order valence-electron chi connectivity index (χ3n) is 6.22. The van der Waals surface area contributed by atoms with Gasteiger partial charge in [-0.1, -0.05) is 0 Å². The van der Waals surface area contributed by atoms with Gasteiger partial charge in [-0.15, -0.1) is 0 Å². The molecule has 0 unspecified atom stereocenters. The first-order valence-corrected chi connectivity index (χ1v) is 10.3. The predicted molar refractivity (Wildman–Crippen MR) is 104 cm³/mol. The lowest BCUT2D eigenvalue weighted by Crippen LogP contribution is -2.52. The van der Waals surface area contributed by atoms with Crippen LogP contribution in [0.3, 0.4) is 0 Å². The summed E-state index contributed by atoms with van der Waals surface area (Å²) in [5.41, 5.74) is 1.02. The van der Waals surface area contributed by atoms with Gasteiger partial charge in [0.05, 0.1) is 19.1 Å². The molecule has 3 aliphatic heterocycles. The van der Waals surface area contributed by atoms with Gasteiger partial charge in [-0.05, 0) is 39.2 Å². The second kappa shape index (κ2) is 8.52. The Kier molecular flexibility index (Phi) is 5.88. The molecule has 0 N–H and O–H groups in total. The van der Waals surface area contributed by atoms with Crippen molar-refractivity contribution in [2.24, 2.45) is 5.92 Å². The van der Waals surface area contributed by atoms with E-state index in [-0.39, 0.29) is 5.92 Å². The topological polar surface area (TPSA) is 61.8 Å². The fourth-order valence-corrected chi connectivity index (χ4v) is 4.66. The lowest BCUT2D eigenvalue weighted by atomic mass is 9.92. The van der Waals surface area contributed by atoms with Gasteiger partial charge in [0, 0.05) is 50.5 Å². The summed E-state index contributed by atoms with van der Waals surface area (Å²) in [5, 5.41) is 0. The predicted octanol–water partition coefficient (Wildman–Crippen LogP) is 1.32. The Balaban J connectivity index is 1.31. The van der Waals surface area contributed by atoms with E-state index >= 15 is 0 Å². The van der Waals surface area contributed by atoms with E-state index in [1.54, 1.807) is 6.33 Å². The fourth-order valence-electron chi connectivity index (χ4n) is 4.66. The van der Waals surface area contributed by atoms with Crippen molar-refractivity contribution in [2.45, 2.75) is 38.6 Å². The van der Waals surface area contributed by atoms with Crippen LogP contribution in [0, 0.1) is 12.8 Å². The summed E-state index contributed by atoms with van der Waals surface area (Å²) in [4.78, 5) is 28.5.